The van der Waals surface area contributed by atoms with Crippen molar-refractivity contribution in [3.05, 3.63) is 89.8 Å². The molecule has 1 aliphatic carbocycles. The van der Waals surface area contributed by atoms with Gasteiger partial charge < -0.3 is 5.32 Å². The molecule has 0 unspecified atom stereocenters. The first-order valence-corrected chi connectivity index (χ1v) is 9.42. The lowest BCUT2D eigenvalue weighted by Crippen LogP contribution is -2.42. The van der Waals surface area contributed by atoms with Crippen molar-refractivity contribution in [1.29, 1.82) is 0 Å². The van der Waals surface area contributed by atoms with Crippen LogP contribution in [0.15, 0.2) is 56.3 Å². The molecule has 1 atom stereocenters. The van der Waals surface area contributed by atoms with Crippen molar-refractivity contribution in [1.82, 2.24) is 9.13 Å². The largest absolute Gasteiger partial charge is 0.340 e. The summed E-state index contributed by atoms with van der Waals surface area (Å²) in [6.07, 6.45) is 0. The molecule has 0 saturated carbocycles. The molecule has 0 fully saturated rings. The number of rotatable bonds is 1. The molecular formula is C20H15N3O3S. The van der Waals surface area contributed by atoms with Gasteiger partial charge in [-0.25, -0.2) is 4.79 Å². The predicted octanol–water partition coefficient (Wildman–Crippen LogP) is 2.31. The van der Waals surface area contributed by atoms with Crippen molar-refractivity contribution in [2.75, 3.05) is 5.32 Å². The van der Waals surface area contributed by atoms with Gasteiger partial charge in [-0.2, -0.15) is 11.3 Å². The number of hydrogen-bond acceptors (Lipinski definition) is 5. The van der Waals surface area contributed by atoms with Crippen LogP contribution in [-0.2, 0) is 14.1 Å². The van der Waals surface area contributed by atoms with E-state index in [0.29, 0.717) is 28.2 Å². The van der Waals surface area contributed by atoms with Gasteiger partial charge in [0.2, 0.25) is 0 Å². The molecule has 1 N–H and O–H groups in total. The van der Waals surface area contributed by atoms with Crippen LogP contribution in [0, 0.1) is 0 Å². The van der Waals surface area contributed by atoms with Gasteiger partial charge in [0.05, 0.1) is 11.3 Å². The van der Waals surface area contributed by atoms with E-state index in [1.807, 2.05) is 35.0 Å². The third-order valence-electron chi connectivity index (χ3n) is 5.35. The Kier molecular flexibility index (Phi) is 3.21. The molecule has 134 valence electrons. The number of benzene rings is 1. The second-order valence-electron chi connectivity index (χ2n) is 6.75. The van der Waals surface area contributed by atoms with Gasteiger partial charge in [0.25, 0.3) is 5.56 Å². The molecule has 27 heavy (non-hydrogen) atoms. The van der Waals surface area contributed by atoms with Gasteiger partial charge in [-0.3, -0.25) is 18.7 Å². The third-order valence-corrected chi connectivity index (χ3v) is 6.05. The monoisotopic (exact) mass is 377 g/mol. The van der Waals surface area contributed by atoms with E-state index in [1.165, 1.54) is 23.0 Å². The minimum absolute atomic E-state index is 0.0779. The standard InChI is InChI=1S/C20H15N3O3S/c1-22-18-15(19(25)23(2)20(22)26)13(10-7-8-27-9-10)14-16(21-18)11-5-3-4-6-12(11)17(14)24/h3-9,13,21H,1-2H3/t13-/m0/s1. The van der Waals surface area contributed by atoms with Crippen molar-refractivity contribution in [3.8, 4) is 0 Å². The summed E-state index contributed by atoms with van der Waals surface area (Å²) in [5.41, 5.74) is 3.19. The molecule has 3 aromatic rings. The summed E-state index contributed by atoms with van der Waals surface area (Å²) < 4.78 is 2.53. The Balaban J connectivity index is 1.90. The zero-order chi connectivity index (χ0) is 18.9. The van der Waals surface area contributed by atoms with E-state index in [4.69, 9.17) is 0 Å². The summed E-state index contributed by atoms with van der Waals surface area (Å²) in [6, 6.07) is 9.32. The number of allylic oxidation sites excluding steroid dienone is 1. The lowest BCUT2D eigenvalue weighted by Gasteiger charge is -2.29. The number of aromatic nitrogens is 2. The Bertz CT molecular complexity index is 1280. The molecule has 6 nitrogen and oxygen atoms in total. The van der Waals surface area contributed by atoms with E-state index in [9.17, 15) is 14.4 Å². The Morgan fingerprint density at radius 2 is 1.74 bits per heavy atom. The minimum Gasteiger partial charge on any atom is -0.340 e. The average molecular weight is 377 g/mol. The maximum Gasteiger partial charge on any atom is 0.332 e. The van der Waals surface area contributed by atoms with Crippen LogP contribution in [-0.4, -0.2) is 14.9 Å². The zero-order valence-electron chi connectivity index (χ0n) is 14.6. The number of carbonyl (C=O) groups is 1. The Morgan fingerprint density at radius 3 is 2.44 bits per heavy atom. The summed E-state index contributed by atoms with van der Waals surface area (Å²) in [5, 5.41) is 7.10. The second kappa shape index (κ2) is 5.40. The molecule has 3 heterocycles. The number of nitrogens with one attached hydrogen (secondary N) is 1. The third kappa shape index (κ3) is 1.97. The number of ketones is 1. The molecule has 0 spiro atoms. The molecule has 1 aromatic carbocycles. The molecule has 0 bridgehead atoms. The highest BCUT2D eigenvalue weighted by Gasteiger charge is 2.42. The summed E-state index contributed by atoms with van der Waals surface area (Å²) in [7, 11) is 3.09. The van der Waals surface area contributed by atoms with Crippen LogP contribution < -0.4 is 16.6 Å². The van der Waals surface area contributed by atoms with E-state index >= 15 is 0 Å². The van der Waals surface area contributed by atoms with Crippen LogP contribution in [0.5, 0.6) is 0 Å². The number of thiophene rings is 1. The normalized spacial score (nSPS) is 17.4. The topological polar surface area (TPSA) is 73.1 Å². The van der Waals surface area contributed by atoms with Crippen molar-refractivity contribution in [3.63, 3.8) is 0 Å². The van der Waals surface area contributed by atoms with Crippen molar-refractivity contribution < 1.29 is 4.79 Å². The predicted molar refractivity (Wildman–Crippen MR) is 104 cm³/mol. The minimum atomic E-state index is -0.507. The van der Waals surface area contributed by atoms with Crippen LogP contribution in [0.1, 0.15) is 33.0 Å². The van der Waals surface area contributed by atoms with Crippen LogP contribution in [0.25, 0.3) is 5.70 Å². The van der Waals surface area contributed by atoms with Gasteiger partial charge in [-0.05, 0) is 22.4 Å². The van der Waals surface area contributed by atoms with E-state index in [-0.39, 0.29) is 11.3 Å². The first-order chi connectivity index (χ1) is 13.0. The zero-order valence-corrected chi connectivity index (χ0v) is 15.5. The van der Waals surface area contributed by atoms with Gasteiger partial charge in [0.15, 0.2) is 5.78 Å². The molecule has 1 aliphatic heterocycles. The molecule has 5 rings (SSSR count). The summed E-state index contributed by atoms with van der Waals surface area (Å²) in [6.45, 7) is 0. The lowest BCUT2D eigenvalue weighted by atomic mass is 9.83. The van der Waals surface area contributed by atoms with E-state index in [0.717, 1.165) is 15.7 Å². The second-order valence-corrected chi connectivity index (χ2v) is 7.53. The van der Waals surface area contributed by atoms with Crippen molar-refractivity contribution in [2.45, 2.75) is 5.92 Å². The lowest BCUT2D eigenvalue weighted by molar-refractivity contribution is 0.103. The number of nitrogens with zero attached hydrogens (tertiary/aromatic N) is 2. The number of Topliss-reactive ketones (excluding diaryl/α,β-unsaturated/α-hetero) is 1. The van der Waals surface area contributed by atoms with Crippen molar-refractivity contribution in [2.24, 2.45) is 14.1 Å². The fraction of sp³-hybridized carbons (Fsp3) is 0.150. The fourth-order valence-corrected chi connectivity index (χ4v) is 4.72. The molecular weight excluding hydrogens is 362 g/mol. The summed E-state index contributed by atoms with van der Waals surface area (Å²) in [5.74, 6) is -0.138. The fourth-order valence-electron chi connectivity index (χ4n) is 4.03. The SMILES string of the molecule is Cn1c2c(c(=O)n(C)c1=O)[C@@H](c1ccsc1)C1=C(N2)c2ccccc2C1=O. The van der Waals surface area contributed by atoms with Crippen LogP contribution in [0.2, 0.25) is 0 Å². The molecule has 0 radical (unpaired) electrons. The van der Waals surface area contributed by atoms with Gasteiger partial charge >= 0.3 is 5.69 Å². The van der Waals surface area contributed by atoms with E-state index < -0.39 is 11.6 Å². The Morgan fingerprint density at radius 1 is 1.00 bits per heavy atom. The molecule has 7 heteroatoms. The number of anilines is 1. The van der Waals surface area contributed by atoms with Crippen LogP contribution >= 0.6 is 11.3 Å². The van der Waals surface area contributed by atoms with E-state index in [2.05, 4.69) is 5.32 Å². The number of fused-ring (bicyclic) bond motifs is 3. The summed E-state index contributed by atoms with van der Waals surface area (Å²) in [4.78, 5) is 38.7. The van der Waals surface area contributed by atoms with Gasteiger partial charge in [-0.1, -0.05) is 24.3 Å². The maximum absolute atomic E-state index is 13.2. The highest BCUT2D eigenvalue weighted by molar-refractivity contribution is 7.08. The van der Waals surface area contributed by atoms with Gasteiger partial charge in [-0.15, -0.1) is 0 Å². The van der Waals surface area contributed by atoms with E-state index in [1.54, 1.807) is 13.1 Å². The molecule has 0 amide bonds. The molecule has 2 aliphatic rings. The maximum atomic E-state index is 13.2. The highest BCUT2D eigenvalue weighted by atomic mass is 32.1. The Labute approximate surface area is 158 Å². The Hall–Kier alpha value is -3.19. The van der Waals surface area contributed by atoms with Gasteiger partial charge in [0, 0.05) is 36.7 Å². The van der Waals surface area contributed by atoms with Gasteiger partial charge in [0.1, 0.15) is 5.82 Å². The number of carbonyl (C=O) groups excluding carboxylic acids is 1. The smallest absolute Gasteiger partial charge is 0.332 e. The van der Waals surface area contributed by atoms with Crippen LogP contribution in [0.3, 0.4) is 0 Å². The first kappa shape index (κ1) is 16.0. The summed E-state index contributed by atoms with van der Waals surface area (Å²) >= 11 is 1.51. The highest BCUT2D eigenvalue weighted by Crippen LogP contribution is 2.47. The quantitative estimate of drug-likeness (QED) is 0.706. The molecule has 0 saturated heterocycles. The van der Waals surface area contributed by atoms with Crippen LogP contribution in [0.4, 0.5) is 5.82 Å². The van der Waals surface area contributed by atoms with Crippen molar-refractivity contribution >= 4 is 28.6 Å². The molecule has 2 aromatic heterocycles. The average Bonchev–Trinajstić information content (AvgIpc) is 3.31. The first-order valence-electron chi connectivity index (χ1n) is 8.48. The number of hydrogen-bond donors (Lipinski definition) is 1.